The van der Waals surface area contributed by atoms with Gasteiger partial charge in [0, 0.05) is 10.6 Å². The van der Waals surface area contributed by atoms with Gasteiger partial charge in [-0.3, -0.25) is 0 Å². The van der Waals surface area contributed by atoms with Gasteiger partial charge in [0.25, 0.3) is 5.95 Å². The smallest absolute Gasteiger partial charge is 0.263 e. The lowest BCUT2D eigenvalue weighted by atomic mass is 10.2. The summed E-state index contributed by atoms with van der Waals surface area (Å²) in [6, 6.07) is 4.64. The van der Waals surface area contributed by atoms with E-state index in [9.17, 15) is 5.11 Å². The molecule has 0 bridgehead atoms. The fourth-order valence-corrected chi connectivity index (χ4v) is 1.29. The van der Waals surface area contributed by atoms with E-state index < -0.39 is 0 Å². The number of hydrogen-bond donors (Lipinski definition) is 3. The lowest BCUT2D eigenvalue weighted by molar-refractivity contribution is 0.474. The Morgan fingerprint density at radius 1 is 1.53 bits per heavy atom. The number of anilines is 1. The van der Waals surface area contributed by atoms with Gasteiger partial charge in [0.15, 0.2) is 0 Å². The Morgan fingerprint density at radius 3 is 3.06 bits per heavy atom. The van der Waals surface area contributed by atoms with E-state index in [1.54, 1.807) is 12.1 Å². The minimum atomic E-state index is 0.0779. The molecule has 0 saturated heterocycles. The Morgan fingerprint density at radius 2 is 2.35 bits per heavy atom. The molecule has 0 aliphatic heterocycles. The molecule has 0 amide bonds. The van der Waals surface area contributed by atoms with E-state index in [1.807, 2.05) is 0 Å². The van der Waals surface area contributed by atoms with Crippen LogP contribution in [0.15, 0.2) is 29.6 Å². The molecule has 1 aromatic heterocycles. The Kier molecular flexibility index (Phi) is 3.10. The molecule has 1 heterocycles. The quantitative estimate of drug-likeness (QED) is 0.426. The fourth-order valence-electron chi connectivity index (χ4n) is 1.11. The van der Waals surface area contributed by atoms with Gasteiger partial charge in [0.1, 0.15) is 12.1 Å². The van der Waals surface area contributed by atoms with Crippen LogP contribution in [-0.2, 0) is 0 Å². The second kappa shape index (κ2) is 4.71. The third-order valence-corrected chi connectivity index (χ3v) is 2.17. The van der Waals surface area contributed by atoms with Crippen LogP contribution < -0.4 is 11.3 Å². The normalized spacial score (nSPS) is 10.9. The summed E-state index contributed by atoms with van der Waals surface area (Å²) < 4.78 is 1.18. The van der Waals surface area contributed by atoms with E-state index in [0.717, 1.165) is 0 Å². The average Bonchev–Trinajstić information content (AvgIpc) is 2.70. The van der Waals surface area contributed by atoms with Gasteiger partial charge in [-0.15, -0.1) is 10.2 Å². The van der Waals surface area contributed by atoms with E-state index in [1.165, 1.54) is 23.3 Å². The molecule has 0 atom stereocenters. The molecule has 0 aliphatic carbocycles. The molecule has 2 aromatic rings. The predicted molar refractivity (Wildman–Crippen MR) is 64.5 cm³/mol. The topological polar surface area (TPSA) is 101 Å². The lowest BCUT2D eigenvalue weighted by Gasteiger charge is -2.00. The molecule has 0 spiro atoms. The van der Waals surface area contributed by atoms with Crippen molar-refractivity contribution in [1.82, 2.24) is 14.9 Å². The maximum atomic E-state index is 9.51. The third-order valence-electron chi connectivity index (χ3n) is 1.93. The second-order valence-electron chi connectivity index (χ2n) is 3.13. The monoisotopic (exact) mass is 252 g/mol. The highest BCUT2D eigenvalue weighted by atomic mass is 35.5. The maximum absolute atomic E-state index is 9.51. The second-order valence-corrected chi connectivity index (χ2v) is 3.57. The standard InChI is InChI=1S/C9H9ClN6O/c10-7-1-2-8(17)6(3-7)4-12-14-9-15-13-5-16(9)11/h1-5,17H,11H2,(H,14,15)/b12-4+. The molecule has 0 unspecified atom stereocenters. The molecular formula is C9H9ClN6O. The lowest BCUT2D eigenvalue weighted by Crippen LogP contribution is -2.10. The van der Waals surface area contributed by atoms with Crippen LogP contribution in [0.25, 0.3) is 0 Å². The molecule has 0 saturated carbocycles. The van der Waals surface area contributed by atoms with Gasteiger partial charge >= 0.3 is 0 Å². The van der Waals surface area contributed by atoms with E-state index in [2.05, 4.69) is 20.7 Å². The summed E-state index contributed by atoms with van der Waals surface area (Å²) >= 11 is 5.78. The minimum absolute atomic E-state index is 0.0779. The van der Waals surface area contributed by atoms with Crippen molar-refractivity contribution < 1.29 is 5.11 Å². The number of aromatic nitrogens is 3. The number of nitrogens with two attached hydrogens (primary N) is 1. The SMILES string of the molecule is Nn1cnnc1N/N=C/c1cc(Cl)ccc1O. The van der Waals surface area contributed by atoms with Crippen molar-refractivity contribution >= 4 is 23.8 Å². The Bertz CT molecular complexity index is 552. The van der Waals surface area contributed by atoms with E-state index in [-0.39, 0.29) is 11.7 Å². The van der Waals surface area contributed by atoms with Gasteiger partial charge in [-0.25, -0.2) is 10.1 Å². The Hall–Kier alpha value is -2.28. The van der Waals surface area contributed by atoms with Crippen LogP contribution in [0.5, 0.6) is 5.75 Å². The number of halogens is 1. The number of nitrogens with zero attached hydrogens (tertiary/aromatic N) is 4. The number of aromatic hydroxyl groups is 1. The summed E-state index contributed by atoms with van der Waals surface area (Å²) in [6.07, 6.45) is 2.73. The highest BCUT2D eigenvalue weighted by Gasteiger charge is 2.00. The van der Waals surface area contributed by atoms with Crippen molar-refractivity contribution in [1.29, 1.82) is 0 Å². The van der Waals surface area contributed by atoms with Crippen LogP contribution in [0.1, 0.15) is 5.56 Å². The summed E-state index contributed by atoms with van der Waals surface area (Å²) in [5.41, 5.74) is 3.05. The summed E-state index contributed by atoms with van der Waals surface area (Å²) in [6.45, 7) is 0. The largest absolute Gasteiger partial charge is 0.507 e. The molecule has 88 valence electrons. The highest BCUT2D eigenvalue weighted by molar-refractivity contribution is 6.30. The van der Waals surface area contributed by atoms with Gasteiger partial charge in [-0.2, -0.15) is 5.10 Å². The van der Waals surface area contributed by atoms with Crippen LogP contribution >= 0.6 is 11.6 Å². The van der Waals surface area contributed by atoms with Gasteiger partial charge in [0.05, 0.1) is 6.21 Å². The van der Waals surface area contributed by atoms with Crippen LogP contribution in [0.3, 0.4) is 0 Å². The molecule has 8 heteroatoms. The zero-order chi connectivity index (χ0) is 12.3. The molecular weight excluding hydrogens is 244 g/mol. The molecule has 0 aliphatic rings. The number of nitrogens with one attached hydrogen (secondary N) is 1. The van der Waals surface area contributed by atoms with Gasteiger partial charge < -0.3 is 10.9 Å². The molecule has 0 fully saturated rings. The number of nitrogen functional groups attached to an aromatic ring is 1. The number of phenolic OH excluding ortho intramolecular Hbond substituents is 1. The summed E-state index contributed by atoms with van der Waals surface area (Å²) in [5, 5.41) is 21.1. The predicted octanol–water partition coefficient (Wildman–Crippen LogP) is 0.797. The number of rotatable bonds is 3. The van der Waals surface area contributed by atoms with Crippen molar-refractivity contribution in [2.24, 2.45) is 5.10 Å². The molecule has 17 heavy (non-hydrogen) atoms. The molecule has 0 radical (unpaired) electrons. The number of hydrogen-bond acceptors (Lipinski definition) is 6. The van der Waals surface area contributed by atoms with Crippen molar-refractivity contribution in [2.45, 2.75) is 0 Å². The van der Waals surface area contributed by atoms with Crippen molar-refractivity contribution in [2.75, 3.05) is 11.3 Å². The van der Waals surface area contributed by atoms with Gasteiger partial charge in [0.2, 0.25) is 0 Å². The van der Waals surface area contributed by atoms with Crippen LogP contribution in [0, 0.1) is 0 Å². The van der Waals surface area contributed by atoms with Crippen molar-refractivity contribution in [3.63, 3.8) is 0 Å². The number of phenols is 1. The summed E-state index contributed by atoms with van der Waals surface area (Å²) in [5.74, 6) is 5.82. The highest BCUT2D eigenvalue weighted by Crippen LogP contribution is 2.19. The first-order chi connectivity index (χ1) is 8.16. The van der Waals surface area contributed by atoms with E-state index >= 15 is 0 Å². The first kappa shape index (κ1) is 11.2. The third kappa shape index (κ3) is 2.64. The zero-order valence-corrected chi connectivity index (χ0v) is 9.33. The Labute approximate surface area is 102 Å². The number of hydrazone groups is 1. The minimum Gasteiger partial charge on any atom is -0.507 e. The molecule has 1 aromatic carbocycles. The van der Waals surface area contributed by atoms with Crippen molar-refractivity contribution in [3.8, 4) is 5.75 Å². The first-order valence-corrected chi connectivity index (χ1v) is 4.97. The van der Waals surface area contributed by atoms with Crippen LogP contribution in [-0.4, -0.2) is 26.2 Å². The number of benzene rings is 1. The summed E-state index contributed by atoms with van der Waals surface area (Å²) in [7, 11) is 0. The van der Waals surface area contributed by atoms with E-state index in [0.29, 0.717) is 10.6 Å². The van der Waals surface area contributed by atoms with Crippen LogP contribution in [0.2, 0.25) is 5.02 Å². The first-order valence-electron chi connectivity index (χ1n) is 4.59. The molecule has 7 nitrogen and oxygen atoms in total. The Balaban J connectivity index is 2.10. The van der Waals surface area contributed by atoms with E-state index in [4.69, 9.17) is 17.4 Å². The zero-order valence-electron chi connectivity index (χ0n) is 8.58. The van der Waals surface area contributed by atoms with Gasteiger partial charge in [-0.05, 0) is 18.2 Å². The summed E-state index contributed by atoms with van der Waals surface area (Å²) in [4.78, 5) is 0. The van der Waals surface area contributed by atoms with Crippen LogP contribution in [0.4, 0.5) is 5.95 Å². The fraction of sp³-hybridized carbons (Fsp3) is 0. The molecule has 4 N–H and O–H groups in total. The van der Waals surface area contributed by atoms with Crippen molar-refractivity contribution in [3.05, 3.63) is 35.1 Å². The maximum Gasteiger partial charge on any atom is 0.263 e. The van der Waals surface area contributed by atoms with Gasteiger partial charge in [-0.1, -0.05) is 11.6 Å². The average molecular weight is 253 g/mol. The molecule has 2 rings (SSSR count).